The van der Waals surface area contributed by atoms with Gasteiger partial charge in [0.1, 0.15) is 0 Å². The Hall–Kier alpha value is -1.31. The molecule has 0 N–H and O–H groups in total. The third-order valence-electron chi connectivity index (χ3n) is 2.55. The molecule has 2 heteroatoms. The molecule has 0 heterocycles. The first kappa shape index (κ1) is 11.8. The van der Waals surface area contributed by atoms with E-state index < -0.39 is 0 Å². The Morgan fingerprint density at radius 2 is 1.87 bits per heavy atom. The monoisotopic (exact) mass is 206 g/mol. The standard InChI is InChI=1S/C13H18O2/c1-4-10(2)15-13(14)11(3)12-8-6-5-7-9-12/h5-11H,4H2,1-3H3/t10-,11-/m1/s1. The second kappa shape index (κ2) is 5.54. The van der Waals surface area contributed by atoms with Crippen molar-refractivity contribution in [3.05, 3.63) is 35.9 Å². The molecule has 0 spiro atoms. The van der Waals surface area contributed by atoms with E-state index in [9.17, 15) is 4.79 Å². The molecule has 0 saturated carbocycles. The summed E-state index contributed by atoms with van der Waals surface area (Å²) in [4.78, 5) is 11.7. The normalized spacial score (nSPS) is 14.3. The molecule has 1 aromatic rings. The Bertz CT molecular complexity index is 306. The topological polar surface area (TPSA) is 26.3 Å². The molecule has 0 fully saturated rings. The Morgan fingerprint density at radius 1 is 1.27 bits per heavy atom. The molecule has 82 valence electrons. The Balaban J connectivity index is 2.61. The SMILES string of the molecule is CC[C@@H](C)OC(=O)[C@H](C)c1ccccc1. The van der Waals surface area contributed by atoms with Crippen LogP contribution in [0.1, 0.15) is 38.7 Å². The zero-order valence-corrected chi connectivity index (χ0v) is 9.57. The highest BCUT2D eigenvalue weighted by atomic mass is 16.5. The lowest BCUT2D eigenvalue weighted by Gasteiger charge is -2.15. The summed E-state index contributed by atoms with van der Waals surface area (Å²) in [6.07, 6.45) is 0.858. The number of esters is 1. The van der Waals surface area contributed by atoms with Gasteiger partial charge in [-0.2, -0.15) is 0 Å². The van der Waals surface area contributed by atoms with Gasteiger partial charge in [0.2, 0.25) is 0 Å². The van der Waals surface area contributed by atoms with Crippen molar-refractivity contribution in [2.45, 2.75) is 39.2 Å². The van der Waals surface area contributed by atoms with Crippen molar-refractivity contribution in [2.24, 2.45) is 0 Å². The van der Waals surface area contributed by atoms with Crippen LogP contribution in [0.2, 0.25) is 0 Å². The fourth-order valence-electron chi connectivity index (χ4n) is 1.26. The molecule has 0 aliphatic carbocycles. The van der Waals surface area contributed by atoms with Crippen molar-refractivity contribution in [1.82, 2.24) is 0 Å². The van der Waals surface area contributed by atoms with Gasteiger partial charge in [-0.1, -0.05) is 37.3 Å². The van der Waals surface area contributed by atoms with E-state index in [1.165, 1.54) is 0 Å². The Labute approximate surface area is 91.3 Å². The fraction of sp³-hybridized carbons (Fsp3) is 0.462. The second-order valence-electron chi connectivity index (χ2n) is 3.79. The average molecular weight is 206 g/mol. The van der Waals surface area contributed by atoms with Gasteiger partial charge in [-0.15, -0.1) is 0 Å². The zero-order valence-electron chi connectivity index (χ0n) is 9.57. The van der Waals surface area contributed by atoms with Crippen molar-refractivity contribution in [3.8, 4) is 0 Å². The quantitative estimate of drug-likeness (QED) is 0.707. The first-order valence-electron chi connectivity index (χ1n) is 5.40. The lowest BCUT2D eigenvalue weighted by atomic mass is 10.0. The van der Waals surface area contributed by atoms with E-state index in [4.69, 9.17) is 4.74 Å². The van der Waals surface area contributed by atoms with Crippen LogP contribution >= 0.6 is 0 Å². The lowest BCUT2D eigenvalue weighted by Crippen LogP contribution is -2.19. The number of carbonyl (C=O) groups excluding carboxylic acids is 1. The fourth-order valence-corrected chi connectivity index (χ4v) is 1.26. The number of carbonyl (C=O) groups is 1. The molecular weight excluding hydrogens is 188 g/mol. The van der Waals surface area contributed by atoms with Gasteiger partial charge >= 0.3 is 5.97 Å². The zero-order chi connectivity index (χ0) is 11.3. The van der Waals surface area contributed by atoms with Gasteiger partial charge in [-0.05, 0) is 25.8 Å². The van der Waals surface area contributed by atoms with Crippen LogP contribution in [-0.4, -0.2) is 12.1 Å². The van der Waals surface area contributed by atoms with Crippen LogP contribution < -0.4 is 0 Å². The number of rotatable bonds is 4. The summed E-state index contributed by atoms with van der Waals surface area (Å²) in [6, 6.07) is 9.70. The van der Waals surface area contributed by atoms with E-state index in [-0.39, 0.29) is 18.0 Å². The van der Waals surface area contributed by atoms with E-state index in [1.807, 2.05) is 51.1 Å². The minimum atomic E-state index is -0.180. The van der Waals surface area contributed by atoms with Crippen LogP contribution in [0.3, 0.4) is 0 Å². The molecule has 0 aliphatic rings. The lowest BCUT2D eigenvalue weighted by molar-refractivity contribution is -0.149. The molecule has 0 saturated heterocycles. The summed E-state index contributed by atoms with van der Waals surface area (Å²) in [7, 11) is 0. The summed E-state index contributed by atoms with van der Waals surface area (Å²) in [5.41, 5.74) is 1.01. The van der Waals surface area contributed by atoms with E-state index in [0.29, 0.717) is 0 Å². The number of benzene rings is 1. The third-order valence-corrected chi connectivity index (χ3v) is 2.55. The Kier molecular flexibility index (Phi) is 4.35. The molecule has 0 bridgehead atoms. The van der Waals surface area contributed by atoms with Crippen LogP contribution in [0.4, 0.5) is 0 Å². The molecule has 1 aromatic carbocycles. The van der Waals surface area contributed by atoms with Crippen molar-refractivity contribution in [2.75, 3.05) is 0 Å². The maximum absolute atomic E-state index is 11.7. The Morgan fingerprint density at radius 3 is 2.40 bits per heavy atom. The van der Waals surface area contributed by atoms with E-state index >= 15 is 0 Å². The smallest absolute Gasteiger partial charge is 0.313 e. The molecule has 0 amide bonds. The first-order valence-corrected chi connectivity index (χ1v) is 5.40. The maximum atomic E-state index is 11.7. The molecule has 0 unspecified atom stereocenters. The third kappa shape index (κ3) is 3.39. The summed E-state index contributed by atoms with van der Waals surface area (Å²) < 4.78 is 5.28. The van der Waals surface area contributed by atoms with Crippen LogP contribution in [0.25, 0.3) is 0 Å². The highest BCUT2D eigenvalue weighted by molar-refractivity contribution is 5.77. The minimum absolute atomic E-state index is 0.00339. The van der Waals surface area contributed by atoms with Crippen LogP contribution in [0, 0.1) is 0 Å². The summed E-state index contributed by atoms with van der Waals surface area (Å²) in [6.45, 7) is 5.79. The number of hydrogen-bond donors (Lipinski definition) is 0. The van der Waals surface area contributed by atoms with Gasteiger partial charge in [0.15, 0.2) is 0 Å². The summed E-state index contributed by atoms with van der Waals surface area (Å²) in [5, 5.41) is 0. The van der Waals surface area contributed by atoms with E-state index in [0.717, 1.165) is 12.0 Å². The largest absolute Gasteiger partial charge is 0.462 e. The summed E-state index contributed by atoms with van der Waals surface area (Å²) in [5.74, 6) is -0.323. The van der Waals surface area contributed by atoms with Crippen molar-refractivity contribution in [1.29, 1.82) is 0 Å². The van der Waals surface area contributed by atoms with Crippen molar-refractivity contribution >= 4 is 5.97 Å². The van der Waals surface area contributed by atoms with Crippen molar-refractivity contribution in [3.63, 3.8) is 0 Å². The first-order chi connectivity index (χ1) is 7.15. The molecule has 0 aromatic heterocycles. The van der Waals surface area contributed by atoms with Gasteiger partial charge < -0.3 is 4.74 Å². The van der Waals surface area contributed by atoms with Gasteiger partial charge in [-0.25, -0.2) is 0 Å². The predicted octanol–water partition coefficient (Wildman–Crippen LogP) is 3.13. The molecule has 2 atom stereocenters. The van der Waals surface area contributed by atoms with Gasteiger partial charge in [0.05, 0.1) is 12.0 Å². The van der Waals surface area contributed by atoms with Crippen LogP contribution in [-0.2, 0) is 9.53 Å². The molecule has 15 heavy (non-hydrogen) atoms. The van der Waals surface area contributed by atoms with Gasteiger partial charge in [0, 0.05) is 0 Å². The molecule has 1 rings (SSSR count). The summed E-state index contributed by atoms with van der Waals surface area (Å²) >= 11 is 0. The highest BCUT2D eigenvalue weighted by Gasteiger charge is 2.17. The van der Waals surface area contributed by atoms with Gasteiger partial charge in [-0.3, -0.25) is 4.79 Å². The predicted molar refractivity (Wildman–Crippen MR) is 60.7 cm³/mol. The van der Waals surface area contributed by atoms with E-state index in [2.05, 4.69) is 0 Å². The maximum Gasteiger partial charge on any atom is 0.313 e. The van der Waals surface area contributed by atoms with Crippen molar-refractivity contribution < 1.29 is 9.53 Å². The second-order valence-corrected chi connectivity index (χ2v) is 3.79. The average Bonchev–Trinajstić information content (AvgIpc) is 2.29. The number of hydrogen-bond acceptors (Lipinski definition) is 2. The minimum Gasteiger partial charge on any atom is -0.462 e. The van der Waals surface area contributed by atoms with Gasteiger partial charge in [0.25, 0.3) is 0 Å². The van der Waals surface area contributed by atoms with E-state index in [1.54, 1.807) is 0 Å². The van der Waals surface area contributed by atoms with Crippen LogP contribution in [0.15, 0.2) is 30.3 Å². The number of ether oxygens (including phenoxy) is 1. The van der Waals surface area contributed by atoms with Crippen LogP contribution in [0.5, 0.6) is 0 Å². The molecular formula is C13H18O2. The molecule has 2 nitrogen and oxygen atoms in total. The molecule has 0 radical (unpaired) electrons. The molecule has 0 aliphatic heterocycles. The highest BCUT2D eigenvalue weighted by Crippen LogP contribution is 2.17.